The summed E-state index contributed by atoms with van der Waals surface area (Å²) in [6, 6.07) is 0. The summed E-state index contributed by atoms with van der Waals surface area (Å²) in [6.07, 6.45) is -10.5. The van der Waals surface area contributed by atoms with Crippen LogP contribution in [-0.2, 0) is 6.54 Å². The summed E-state index contributed by atoms with van der Waals surface area (Å²) >= 11 is 0. The second-order valence-corrected chi connectivity index (χ2v) is 3.20. The van der Waals surface area contributed by atoms with Crippen molar-refractivity contribution in [3.8, 4) is 0 Å². The molecule has 1 aromatic rings. The van der Waals surface area contributed by atoms with E-state index in [0.29, 0.717) is 6.20 Å². The molecule has 0 atom stereocenters. The van der Waals surface area contributed by atoms with E-state index in [1.807, 2.05) is 0 Å². The van der Waals surface area contributed by atoms with E-state index < -0.39 is 24.0 Å². The number of aromatic nitrogens is 1. The highest BCUT2D eigenvalue weighted by Gasteiger charge is 2.59. The fourth-order valence-electron chi connectivity index (χ4n) is 1.20. The predicted molar refractivity (Wildman–Crippen MR) is 44.1 cm³/mol. The average Bonchev–Trinajstić information content (AvgIpc) is 2.47. The molecule has 1 heterocycles. The van der Waals surface area contributed by atoms with Crippen molar-refractivity contribution in [1.82, 2.24) is 10.3 Å². The van der Waals surface area contributed by atoms with Crippen LogP contribution in [0.15, 0.2) is 10.6 Å². The number of hydrogen-bond donors (Lipinski definition) is 1. The first kappa shape index (κ1) is 13.8. The van der Waals surface area contributed by atoms with Crippen molar-refractivity contribution >= 4 is 0 Å². The van der Waals surface area contributed by atoms with Crippen molar-refractivity contribution in [1.29, 1.82) is 0 Å². The van der Waals surface area contributed by atoms with Gasteiger partial charge in [0.05, 0.1) is 12.7 Å². The maximum atomic E-state index is 12.3. The predicted octanol–water partition coefficient (Wildman–Crippen LogP) is 2.60. The van der Waals surface area contributed by atoms with Crippen molar-refractivity contribution < 1.29 is 30.8 Å². The van der Waals surface area contributed by atoms with Crippen molar-refractivity contribution in [2.24, 2.45) is 0 Å². The van der Waals surface area contributed by atoms with E-state index in [1.165, 1.54) is 7.05 Å². The monoisotopic (exact) mass is 262 g/mol. The zero-order valence-corrected chi connectivity index (χ0v) is 8.49. The van der Waals surface area contributed by atoms with Crippen molar-refractivity contribution in [2.75, 3.05) is 7.05 Å². The van der Waals surface area contributed by atoms with Crippen LogP contribution >= 0.6 is 0 Å². The molecular weight excluding hydrogens is 254 g/mol. The molecule has 0 radical (unpaired) electrons. The van der Waals surface area contributed by atoms with Gasteiger partial charge in [0.25, 0.3) is 0 Å². The van der Waals surface area contributed by atoms with Crippen molar-refractivity contribution in [3.05, 3.63) is 17.8 Å². The number of rotatable bonds is 3. The molecule has 0 aromatic carbocycles. The summed E-state index contributed by atoms with van der Waals surface area (Å²) in [6.45, 7) is -0.0531. The van der Waals surface area contributed by atoms with Crippen LogP contribution in [0.5, 0.6) is 0 Å². The van der Waals surface area contributed by atoms with Gasteiger partial charge in [0.2, 0.25) is 11.8 Å². The molecule has 0 aliphatic carbocycles. The number of halogens is 6. The van der Waals surface area contributed by atoms with E-state index in [2.05, 4.69) is 14.7 Å². The molecule has 0 amide bonds. The highest BCUT2D eigenvalue weighted by molar-refractivity contribution is 5.08. The molecule has 0 saturated heterocycles. The topological polar surface area (TPSA) is 38.1 Å². The second kappa shape index (κ2) is 4.55. The SMILES string of the molecule is CNCc1ncc(C(C(F)(F)F)C(F)(F)F)o1. The van der Waals surface area contributed by atoms with Crippen LogP contribution < -0.4 is 5.32 Å². The maximum absolute atomic E-state index is 12.3. The third-order valence-corrected chi connectivity index (χ3v) is 1.84. The van der Waals surface area contributed by atoms with Gasteiger partial charge in [0.1, 0.15) is 5.76 Å². The van der Waals surface area contributed by atoms with Crippen LogP contribution in [-0.4, -0.2) is 24.4 Å². The summed E-state index contributed by atoms with van der Waals surface area (Å²) in [5.74, 6) is -5.13. The molecule has 1 aromatic heterocycles. The Kier molecular flexibility index (Phi) is 3.70. The fourth-order valence-corrected chi connectivity index (χ4v) is 1.20. The highest BCUT2D eigenvalue weighted by Crippen LogP contribution is 2.46. The van der Waals surface area contributed by atoms with Crippen LogP contribution in [0.25, 0.3) is 0 Å². The van der Waals surface area contributed by atoms with Crippen LogP contribution in [0.2, 0.25) is 0 Å². The average molecular weight is 262 g/mol. The molecule has 9 heteroatoms. The summed E-state index contributed by atoms with van der Waals surface area (Å²) in [5, 5.41) is 2.49. The first-order valence-electron chi connectivity index (χ1n) is 4.39. The van der Waals surface area contributed by atoms with Gasteiger partial charge in [-0.1, -0.05) is 0 Å². The molecule has 0 bridgehead atoms. The van der Waals surface area contributed by atoms with Crippen LogP contribution in [0.4, 0.5) is 26.3 Å². The lowest BCUT2D eigenvalue weighted by atomic mass is 10.1. The Bertz CT molecular complexity index is 355. The maximum Gasteiger partial charge on any atom is 0.407 e. The van der Waals surface area contributed by atoms with Gasteiger partial charge in [0, 0.05) is 0 Å². The molecular formula is C8H8F6N2O. The summed E-state index contributed by atoms with van der Waals surface area (Å²) in [7, 11) is 1.45. The largest absolute Gasteiger partial charge is 0.443 e. The van der Waals surface area contributed by atoms with Gasteiger partial charge in [-0.05, 0) is 7.05 Å². The molecule has 1 rings (SSSR count). The zero-order valence-electron chi connectivity index (χ0n) is 8.49. The van der Waals surface area contributed by atoms with E-state index in [0.717, 1.165) is 0 Å². The number of alkyl halides is 6. The molecule has 98 valence electrons. The van der Waals surface area contributed by atoms with Gasteiger partial charge in [-0.2, -0.15) is 26.3 Å². The molecule has 17 heavy (non-hydrogen) atoms. The van der Waals surface area contributed by atoms with E-state index in [9.17, 15) is 26.3 Å². The Balaban J connectivity index is 3.06. The lowest BCUT2D eigenvalue weighted by Crippen LogP contribution is -2.33. The first-order valence-corrected chi connectivity index (χ1v) is 4.39. The Labute approximate surface area is 91.8 Å². The molecule has 0 aliphatic rings. The lowest BCUT2D eigenvalue weighted by Gasteiger charge is -2.20. The van der Waals surface area contributed by atoms with Crippen molar-refractivity contribution in [2.45, 2.75) is 24.8 Å². The second-order valence-electron chi connectivity index (χ2n) is 3.20. The summed E-state index contributed by atoms with van der Waals surface area (Å²) < 4.78 is 78.1. The quantitative estimate of drug-likeness (QED) is 0.851. The number of nitrogens with one attached hydrogen (secondary N) is 1. The Morgan fingerprint density at radius 2 is 1.76 bits per heavy atom. The van der Waals surface area contributed by atoms with E-state index in [-0.39, 0.29) is 12.4 Å². The number of hydrogen-bond acceptors (Lipinski definition) is 3. The smallest absolute Gasteiger partial charge is 0.407 e. The molecule has 3 nitrogen and oxygen atoms in total. The van der Waals surface area contributed by atoms with Gasteiger partial charge in [-0.3, -0.25) is 0 Å². The standard InChI is InChI=1S/C8H8F6N2O/c1-15-3-5-16-2-4(17-5)6(7(9,10)11)8(12,13)14/h2,6,15H,3H2,1H3. The minimum absolute atomic E-state index is 0.0531. The number of nitrogens with zero attached hydrogens (tertiary/aromatic N) is 1. The molecule has 0 fully saturated rings. The molecule has 0 aliphatic heterocycles. The number of oxazole rings is 1. The minimum Gasteiger partial charge on any atom is -0.443 e. The molecule has 0 unspecified atom stereocenters. The van der Waals surface area contributed by atoms with Gasteiger partial charge < -0.3 is 9.73 Å². The molecule has 0 spiro atoms. The van der Waals surface area contributed by atoms with Gasteiger partial charge in [-0.15, -0.1) is 0 Å². The third kappa shape index (κ3) is 3.35. The van der Waals surface area contributed by atoms with Crippen LogP contribution in [0.1, 0.15) is 17.6 Å². The van der Waals surface area contributed by atoms with E-state index in [4.69, 9.17) is 0 Å². The van der Waals surface area contributed by atoms with Crippen molar-refractivity contribution in [3.63, 3.8) is 0 Å². The normalized spacial score (nSPS) is 13.4. The zero-order chi connectivity index (χ0) is 13.3. The van der Waals surface area contributed by atoms with E-state index in [1.54, 1.807) is 0 Å². The van der Waals surface area contributed by atoms with Crippen LogP contribution in [0.3, 0.4) is 0 Å². The fraction of sp³-hybridized carbons (Fsp3) is 0.625. The van der Waals surface area contributed by atoms with Crippen LogP contribution in [0, 0.1) is 0 Å². The Morgan fingerprint density at radius 3 is 2.18 bits per heavy atom. The lowest BCUT2D eigenvalue weighted by molar-refractivity contribution is -0.257. The van der Waals surface area contributed by atoms with E-state index >= 15 is 0 Å². The first-order chi connectivity index (χ1) is 7.66. The molecule has 1 N–H and O–H groups in total. The molecule has 0 saturated carbocycles. The highest BCUT2D eigenvalue weighted by atomic mass is 19.4. The van der Waals surface area contributed by atoms with Gasteiger partial charge in [0.15, 0.2) is 0 Å². The Morgan fingerprint density at radius 1 is 1.24 bits per heavy atom. The third-order valence-electron chi connectivity index (χ3n) is 1.84. The summed E-state index contributed by atoms with van der Waals surface area (Å²) in [5.41, 5.74) is 0. The minimum atomic E-state index is -5.46. The van der Waals surface area contributed by atoms with Gasteiger partial charge in [-0.25, -0.2) is 4.98 Å². The Hall–Kier alpha value is -1.25. The van der Waals surface area contributed by atoms with Gasteiger partial charge >= 0.3 is 12.4 Å². The summed E-state index contributed by atoms with van der Waals surface area (Å²) in [4.78, 5) is 3.32.